The fourth-order valence-electron chi connectivity index (χ4n) is 1.62. The van der Waals surface area contributed by atoms with Gasteiger partial charge in [0.05, 0.1) is 6.54 Å². The fourth-order valence-corrected chi connectivity index (χ4v) is 1.62. The van der Waals surface area contributed by atoms with Crippen LogP contribution in [-0.2, 0) is 20.0 Å². The van der Waals surface area contributed by atoms with E-state index in [1.165, 1.54) is 0 Å². The molecule has 0 fully saturated rings. The van der Waals surface area contributed by atoms with Gasteiger partial charge in [0.2, 0.25) is 0 Å². The highest BCUT2D eigenvalue weighted by Crippen LogP contribution is 2.06. The van der Waals surface area contributed by atoms with Crippen molar-refractivity contribution in [2.45, 2.75) is 13.0 Å². The lowest BCUT2D eigenvalue weighted by molar-refractivity contribution is 0.0924. The molecular weight excluding hydrogens is 232 g/mol. The number of nitrogens with one attached hydrogen (secondary N) is 1. The van der Waals surface area contributed by atoms with Gasteiger partial charge in [0.15, 0.2) is 5.76 Å². The molecule has 6 nitrogen and oxygen atoms in total. The average Bonchev–Trinajstić information content (AvgIpc) is 2.98. The van der Waals surface area contributed by atoms with Gasteiger partial charge in [-0.25, -0.2) is 4.98 Å². The molecule has 0 aliphatic carbocycles. The molecule has 2 rings (SSSR count). The summed E-state index contributed by atoms with van der Waals surface area (Å²) in [5, 5.41) is 2.78. The normalized spacial score (nSPS) is 10.6. The molecule has 0 aliphatic heterocycles. The second kappa shape index (κ2) is 5.50. The molecule has 1 amide bonds. The van der Waals surface area contributed by atoms with Gasteiger partial charge in [-0.2, -0.15) is 0 Å². The summed E-state index contributed by atoms with van der Waals surface area (Å²) in [4.78, 5) is 15.9. The van der Waals surface area contributed by atoms with Crippen molar-refractivity contribution in [3.05, 3.63) is 41.9 Å². The third kappa shape index (κ3) is 2.78. The zero-order chi connectivity index (χ0) is 13.0. The number of carbonyl (C=O) groups excluding carboxylic acids is 1. The van der Waals surface area contributed by atoms with E-state index in [-0.39, 0.29) is 11.7 Å². The Morgan fingerprint density at radius 1 is 1.56 bits per heavy atom. The quantitative estimate of drug-likeness (QED) is 0.804. The Balaban J connectivity index is 1.83. The third-order valence-electron chi connectivity index (χ3n) is 2.64. The zero-order valence-corrected chi connectivity index (χ0v) is 10.2. The molecule has 0 spiro atoms. The van der Waals surface area contributed by atoms with Gasteiger partial charge in [0.1, 0.15) is 11.6 Å². The fraction of sp³-hybridized carbons (Fsp3) is 0.333. The van der Waals surface area contributed by atoms with Crippen LogP contribution in [0, 0.1) is 0 Å². The first-order valence-corrected chi connectivity index (χ1v) is 5.74. The molecule has 0 aromatic carbocycles. The van der Waals surface area contributed by atoms with E-state index in [1.807, 2.05) is 17.8 Å². The van der Waals surface area contributed by atoms with Crippen LogP contribution in [0.3, 0.4) is 0 Å². The van der Waals surface area contributed by atoms with E-state index >= 15 is 0 Å². The summed E-state index contributed by atoms with van der Waals surface area (Å²) in [6, 6.07) is 3.33. The number of hydrogen-bond acceptors (Lipinski definition) is 4. The molecule has 6 heteroatoms. The van der Waals surface area contributed by atoms with Gasteiger partial charge in [-0.1, -0.05) is 0 Å². The summed E-state index contributed by atoms with van der Waals surface area (Å²) in [6.45, 7) is 0.808. The monoisotopic (exact) mass is 248 g/mol. The maximum Gasteiger partial charge on any atom is 0.287 e. The second-order valence-corrected chi connectivity index (χ2v) is 3.93. The molecule has 2 heterocycles. The Bertz CT molecular complexity index is 530. The Kier molecular flexibility index (Phi) is 3.78. The van der Waals surface area contributed by atoms with Crippen LogP contribution in [-0.4, -0.2) is 22.0 Å². The van der Waals surface area contributed by atoms with Crippen molar-refractivity contribution in [2.24, 2.45) is 12.8 Å². The summed E-state index contributed by atoms with van der Waals surface area (Å²) in [6.07, 6.45) is 4.29. The molecule has 0 radical (unpaired) electrons. The third-order valence-corrected chi connectivity index (χ3v) is 2.64. The predicted molar refractivity (Wildman–Crippen MR) is 65.8 cm³/mol. The van der Waals surface area contributed by atoms with Crippen LogP contribution in [0.25, 0.3) is 0 Å². The largest absolute Gasteiger partial charge is 0.455 e. The van der Waals surface area contributed by atoms with E-state index in [2.05, 4.69) is 10.3 Å². The number of nitrogens with two attached hydrogens (primary N) is 1. The van der Waals surface area contributed by atoms with Gasteiger partial charge in [0, 0.05) is 32.4 Å². The van der Waals surface area contributed by atoms with E-state index in [4.69, 9.17) is 10.2 Å². The van der Waals surface area contributed by atoms with E-state index in [1.54, 1.807) is 18.3 Å². The topological polar surface area (TPSA) is 86.1 Å². The molecule has 2 aromatic heterocycles. The highest BCUT2D eigenvalue weighted by atomic mass is 16.4. The van der Waals surface area contributed by atoms with Gasteiger partial charge in [-0.3, -0.25) is 4.79 Å². The second-order valence-electron chi connectivity index (χ2n) is 3.93. The van der Waals surface area contributed by atoms with Crippen LogP contribution in [0.1, 0.15) is 22.1 Å². The molecule has 0 unspecified atom stereocenters. The van der Waals surface area contributed by atoms with Crippen LogP contribution in [0.4, 0.5) is 0 Å². The minimum Gasteiger partial charge on any atom is -0.455 e. The van der Waals surface area contributed by atoms with Gasteiger partial charge in [0.25, 0.3) is 5.91 Å². The van der Waals surface area contributed by atoms with Crippen LogP contribution >= 0.6 is 0 Å². The summed E-state index contributed by atoms with van der Waals surface area (Å²) in [7, 11) is 1.92. The molecule has 0 saturated heterocycles. The van der Waals surface area contributed by atoms with Crippen molar-refractivity contribution in [3.63, 3.8) is 0 Å². The SMILES string of the molecule is Cn1ccnc1CCNC(=O)c1ccc(CN)o1. The highest BCUT2D eigenvalue weighted by Gasteiger charge is 2.10. The molecule has 0 aliphatic rings. The van der Waals surface area contributed by atoms with Crippen LogP contribution < -0.4 is 11.1 Å². The lowest BCUT2D eigenvalue weighted by Crippen LogP contribution is -2.26. The number of carbonyl (C=O) groups is 1. The summed E-state index contributed by atoms with van der Waals surface area (Å²) in [5.41, 5.74) is 5.41. The minimum atomic E-state index is -0.232. The van der Waals surface area contributed by atoms with Crippen LogP contribution in [0.15, 0.2) is 28.9 Å². The highest BCUT2D eigenvalue weighted by molar-refractivity contribution is 5.91. The molecule has 18 heavy (non-hydrogen) atoms. The number of rotatable bonds is 5. The minimum absolute atomic E-state index is 0.232. The van der Waals surface area contributed by atoms with Crippen molar-refractivity contribution < 1.29 is 9.21 Å². The van der Waals surface area contributed by atoms with Crippen molar-refractivity contribution >= 4 is 5.91 Å². The molecular formula is C12H16N4O2. The molecule has 0 bridgehead atoms. The number of nitrogens with zero attached hydrogens (tertiary/aromatic N) is 2. The zero-order valence-electron chi connectivity index (χ0n) is 10.2. The Labute approximate surface area is 105 Å². The predicted octanol–water partition coefficient (Wildman–Crippen LogP) is 0.444. The van der Waals surface area contributed by atoms with E-state index in [0.717, 1.165) is 5.82 Å². The van der Waals surface area contributed by atoms with Crippen LogP contribution in [0.2, 0.25) is 0 Å². The first-order valence-electron chi connectivity index (χ1n) is 5.74. The summed E-state index contributed by atoms with van der Waals surface area (Å²) >= 11 is 0. The summed E-state index contributed by atoms with van der Waals surface area (Å²) in [5.74, 6) is 1.58. The van der Waals surface area contributed by atoms with E-state index in [9.17, 15) is 4.79 Å². The molecule has 0 saturated carbocycles. The van der Waals surface area contributed by atoms with E-state index < -0.39 is 0 Å². The molecule has 0 atom stereocenters. The van der Waals surface area contributed by atoms with E-state index in [0.29, 0.717) is 25.3 Å². The number of aryl methyl sites for hydroxylation is 1. The number of imidazole rings is 1. The van der Waals surface area contributed by atoms with Gasteiger partial charge in [-0.15, -0.1) is 0 Å². The maximum atomic E-state index is 11.7. The van der Waals surface area contributed by atoms with Gasteiger partial charge in [-0.05, 0) is 12.1 Å². The Hall–Kier alpha value is -2.08. The number of furan rings is 1. The first-order chi connectivity index (χ1) is 8.70. The average molecular weight is 248 g/mol. The number of hydrogen-bond donors (Lipinski definition) is 2. The standard InChI is InChI=1S/C12H16N4O2/c1-16-7-6-14-11(16)4-5-15-12(17)10-3-2-9(8-13)18-10/h2-3,6-7H,4-5,8,13H2,1H3,(H,15,17). The van der Waals surface area contributed by atoms with Gasteiger partial charge >= 0.3 is 0 Å². The van der Waals surface area contributed by atoms with Crippen molar-refractivity contribution in [1.82, 2.24) is 14.9 Å². The maximum absolute atomic E-state index is 11.7. The molecule has 96 valence electrons. The smallest absolute Gasteiger partial charge is 0.287 e. The first kappa shape index (κ1) is 12.4. The lowest BCUT2D eigenvalue weighted by atomic mass is 10.3. The number of aromatic nitrogens is 2. The van der Waals surface area contributed by atoms with Crippen molar-refractivity contribution in [1.29, 1.82) is 0 Å². The Morgan fingerprint density at radius 2 is 2.39 bits per heavy atom. The number of amides is 1. The molecule has 2 aromatic rings. The Morgan fingerprint density at radius 3 is 3.00 bits per heavy atom. The molecule has 3 N–H and O–H groups in total. The van der Waals surface area contributed by atoms with Crippen molar-refractivity contribution in [3.8, 4) is 0 Å². The van der Waals surface area contributed by atoms with Crippen LogP contribution in [0.5, 0.6) is 0 Å². The van der Waals surface area contributed by atoms with Gasteiger partial charge < -0.3 is 20.0 Å². The van der Waals surface area contributed by atoms with Crippen molar-refractivity contribution in [2.75, 3.05) is 6.54 Å². The lowest BCUT2D eigenvalue weighted by Gasteiger charge is -2.03. The summed E-state index contributed by atoms with van der Waals surface area (Å²) < 4.78 is 7.17.